The van der Waals surface area contributed by atoms with E-state index < -0.39 is 5.60 Å². The number of esters is 1. The highest BCUT2D eigenvalue weighted by Crippen LogP contribution is 2.20. The van der Waals surface area contributed by atoms with Gasteiger partial charge in [0.15, 0.2) is 0 Å². The molecule has 1 unspecified atom stereocenters. The molecule has 0 N–H and O–H groups in total. The Labute approximate surface area is 102 Å². The quantitative estimate of drug-likeness (QED) is 0.371. The lowest BCUT2D eigenvalue weighted by Gasteiger charge is -2.24. The molecule has 0 spiro atoms. The third-order valence-corrected chi connectivity index (χ3v) is 2.32. The summed E-state index contributed by atoms with van der Waals surface area (Å²) >= 11 is 0. The van der Waals surface area contributed by atoms with E-state index in [4.69, 9.17) is 4.74 Å². The minimum absolute atomic E-state index is 0.294. The Bertz CT molecular complexity index is 307. The average molecular weight is 240 g/mol. The lowest BCUT2D eigenvalue weighted by Crippen LogP contribution is -2.27. The molecule has 4 nitrogen and oxygen atoms in total. The van der Waals surface area contributed by atoms with Crippen LogP contribution in [-0.2, 0) is 19.1 Å². The molecule has 0 aliphatic rings. The second kappa shape index (κ2) is 7.65. The van der Waals surface area contributed by atoms with Gasteiger partial charge in [0.05, 0.1) is 0 Å². The number of carbonyl (C=O) groups excluding carboxylic acids is 2. The molecule has 0 bridgehead atoms. The van der Waals surface area contributed by atoms with Crippen LogP contribution in [0.15, 0.2) is 24.3 Å². The first-order valence-corrected chi connectivity index (χ1v) is 5.47. The van der Waals surface area contributed by atoms with Gasteiger partial charge < -0.3 is 9.47 Å². The summed E-state index contributed by atoms with van der Waals surface area (Å²) in [7, 11) is 0. The summed E-state index contributed by atoms with van der Waals surface area (Å²) in [6.07, 6.45) is 4.95. The van der Waals surface area contributed by atoms with Crippen molar-refractivity contribution in [1.82, 2.24) is 0 Å². The van der Waals surface area contributed by atoms with Crippen LogP contribution >= 0.6 is 0 Å². The van der Waals surface area contributed by atoms with Crippen molar-refractivity contribution < 1.29 is 19.1 Å². The van der Waals surface area contributed by atoms with Crippen LogP contribution < -0.4 is 0 Å². The molecule has 0 saturated heterocycles. The number of hydrogen-bond acceptors (Lipinski definition) is 4. The van der Waals surface area contributed by atoms with Gasteiger partial charge in [-0.05, 0) is 38.3 Å². The monoisotopic (exact) mass is 240 g/mol. The zero-order chi connectivity index (χ0) is 13.3. The molecule has 0 aromatic rings. The van der Waals surface area contributed by atoms with Crippen LogP contribution in [-0.4, -0.2) is 24.6 Å². The van der Waals surface area contributed by atoms with E-state index in [-0.39, 0.29) is 5.97 Å². The van der Waals surface area contributed by atoms with Crippen LogP contribution in [0.1, 0.15) is 33.6 Å². The zero-order valence-electron chi connectivity index (χ0n) is 10.7. The van der Waals surface area contributed by atoms with Crippen molar-refractivity contribution in [2.75, 3.05) is 6.61 Å². The van der Waals surface area contributed by atoms with Gasteiger partial charge in [0.1, 0.15) is 12.2 Å². The van der Waals surface area contributed by atoms with Gasteiger partial charge in [0, 0.05) is 6.92 Å². The largest absolute Gasteiger partial charge is 0.463 e. The molecule has 0 fully saturated rings. The van der Waals surface area contributed by atoms with Crippen molar-refractivity contribution in [3.63, 3.8) is 0 Å². The van der Waals surface area contributed by atoms with Gasteiger partial charge in [0.2, 0.25) is 0 Å². The molecular weight excluding hydrogens is 220 g/mol. The maximum Gasteiger partial charge on any atom is 0.303 e. The summed E-state index contributed by atoms with van der Waals surface area (Å²) in [6.45, 7) is 9.44. The highest BCUT2D eigenvalue weighted by Gasteiger charge is 2.22. The second-order valence-electron chi connectivity index (χ2n) is 4.11. The Kier molecular flexibility index (Phi) is 6.94. The number of ether oxygens (including phenoxy) is 2. The summed E-state index contributed by atoms with van der Waals surface area (Å²) in [5.41, 5.74) is 0.319. The molecule has 0 saturated carbocycles. The van der Waals surface area contributed by atoms with E-state index in [0.717, 1.165) is 12.0 Å². The highest BCUT2D eigenvalue weighted by atomic mass is 16.6. The van der Waals surface area contributed by atoms with Crippen molar-refractivity contribution in [3.8, 4) is 0 Å². The molecule has 4 heteroatoms. The lowest BCUT2D eigenvalue weighted by molar-refractivity contribution is -0.151. The Balaban J connectivity index is 4.18. The third-order valence-electron chi connectivity index (χ3n) is 2.32. The molecule has 0 amide bonds. The molecule has 17 heavy (non-hydrogen) atoms. The van der Waals surface area contributed by atoms with E-state index >= 15 is 0 Å². The fraction of sp³-hybridized carbons (Fsp3) is 0.538. The SMILES string of the molecule is C=CC(C)(CC/C=C(\C)COC=O)OC(C)=O. The van der Waals surface area contributed by atoms with Gasteiger partial charge in [-0.25, -0.2) is 0 Å². The van der Waals surface area contributed by atoms with Crippen LogP contribution in [0.3, 0.4) is 0 Å². The number of allylic oxidation sites excluding steroid dienone is 1. The molecule has 0 aliphatic heterocycles. The minimum atomic E-state index is -0.645. The minimum Gasteiger partial charge on any atom is -0.463 e. The predicted octanol–water partition coefficient (Wildman–Crippen LogP) is 2.39. The Morgan fingerprint density at radius 1 is 1.41 bits per heavy atom. The van der Waals surface area contributed by atoms with Crippen LogP contribution in [0.2, 0.25) is 0 Å². The van der Waals surface area contributed by atoms with Gasteiger partial charge in [-0.1, -0.05) is 12.7 Å². The Morgan fingerprint density at radius 3 is 2.53 bits per heavy atom. The van der Waals surface area contributed by atoms with Gasteiger partial charge in [0.25, 0.3) is 6.47 Å². The first kappa shape index (κ1) is 15.4. The van der Waals surface area contributed by atoms with Gasteiger partial charge in [-0.15, -0.1) is 0 Å². The van der Waals surface area contributed by atoms with Crippen LogP contribution in [0.5, 0.6) is 0 Å². The zero-order valence-corrected chi connectivity index (χ0v) is 10.7. The number of carbonyl (C=O) groups is 2. The van der Waals surface area contributed by atoms with E-state index in [1.807, 2.05) is 19.9 Å². The number of rotatable bonds is 8. The first-order chi connectivity index (χ1) is 7.93. The fourth-order valence-corrected chi connectivity index (χ4v) is 1.35. The van der Waals surface area contributed by atoms with E-state index in [1.54, 1.807) is 6.08 Å². The molecule has 0 heterocycles. The Hall–Kier alpha value is -1.58. The van der Waals surface area contributed by atoms with E-state index in [2.05, 4.69) is 11.3 Å². The van der Waals surface area contributed by atoms with Crippen LogP contribution in [0.4, 0.5) is 0 Å². The summed E-state index contributed by atoms with van der Waals surface area (Å²) < 4.78 is 9.79. The smallest absolute Gasteiger partial charge is 0.303 e. The van der Waals surface area contributed by atoms with Crippen molar-refractivity contribution in [2.45, 2.75) is 39.2 Å². The molecule has 0 rings (SSSR count). The lowest BCUT2D eigenvalue weighted by atomic mass is 9.99. The maximum absolute atomic E-state index is 10.9. The van der Waals surface area contributed by atoms with E-state index in [1.165, 1.54) is 6.92 Å². The normalized spacial score (nSPS) is 14.6. The Morgan fingerprint density at radius 2 is 2.06 bits per heavy atom. The van der Waals surface area contributed by atoms with Crippen molar-refractivity contribution in [1.29, 1.82) is 0 Å². The average Bonchev–Trinajstić information content (AvgIpc) is 2.25. The second-order valence-corrected chi connectivity index (χ2v) is 4.11. The van der Waals surface area contributed by atoms with Gasteiger partial charge >= 0.3 is 5.97 Å². The molecule has 0 aliphatic carbocycles. The summed E-state index contributed by atoms with van der Waals surface area (Å²) in [5.74, 6) is -0.322. The molecule has 0 radical (unpaired) electrons. The standard InChI is InChI=1S/C13H20O4/c1-5-13(4,17-12(3)15)8-6-7-11(2)9-16-10-14/h5,7,10H,1,6,8-9H2,2-4H3/b11-7+. The molecule has 0 aromatic carbocycles. The summed E-state index contributed by atoms with van der Waals surface area (Å²) in [6, 6.07) is 0. The van der Waals surface area contributed by atoms with Crippen molar-refractivity contribution >= 4 is 12.4 Å². The first-order valence-electron chi connectivity index (χ1n) is 5.47. The summed E-state index contributed by atoms with van der Waals surface area (Å²) in [5, 5.41) is 0. The molecule has 0 aromatic heterocycles. The molecule has 1 atom stereocenters. The summed E-state index contributed by atoms with van der Waals surface area (Å²) in [4.78, 5) is 20.9. The fourth-order valence-electron chi connectivity index (χ4n) is 1.35. The van der Waals surface area contributed by atoms with Gasteiger partial charge in [-0.3, -0.25) is 9.59 Å². The topological polar surface area (TPSA) is 52.6 Å². The van der Waals surface area contributed by atoms with Crippen LogP contribution in [0.25, 0.3) is 0 Å². The van der Waals surface area contributed by atoms with Crippen LogP contribution in [0, 0.1) is 0 Å². The molecular formula is C13H20O4. The van der Waals surface area contributed by atoms with Gasteiger partial charge in [-0.2, -0.15) is 0 Å². The molecule has 96 valence electrons. The van der Waals surface area contributed by atoms with Crippen molar-refractivity contribution in [3.05, 3.63) is 24.3 Å². The van der Waals surface area contributed by atoms with E-state index in [9.17, 15) is 9.59 Å². The number of hydrogen-bond donors (Lipinski definition) is 0. The predicted molar refractivity (Wildman–Crippen MR) is 65.4 cm³/mol. The highest BCUT2D eigenvalue weighted by molar-refractivity contribution is 5.66. The van der Waals surface area contributed by atoms with E-state index in [0.29, 0.717) is 19.5 Å². The third kappa shape index (κ3) is 7.33. The van der Waals surface area contributed by atoms with Crippen molar-refractivity contribution in [2.24, 2.45) is 0 Å². The maximum atomic E-state index is 10.9.